The van der Waals surface area contributed by atoms with E-state index < -0.39 is 30.4 Å². The number of carbonyl (C=O) groups is 3. The van der Waals surface area contributed by atoms with Crippen LogP contribution in [0.3, 0.4) is 0 Å². The Kier molecular flexibility index (Phi) is 7.16. The second-order valence-electron chi connectivity index (χ2n) is 3.15. The molecule has 0 aromatic rings. The second-order valence-corrected chi connectivity index (χ2v) is 3.15. The quantitative estimate of drug-likeness (QED) is 0.329. The summed E-state index contributed by atoms with van der Waals surface area (Å²) in [5, 5.41) is 13.4. The number of aliphatic carboxylic acids is 1. The number of urea groups is 1. The van der Waals surface area contributed by atoms with Gasteiger partial charge in [0.05, 0.1) is 13.5 Å². The lowest BCUT2D eigenvalue weighted by molar-refractivity contribution is -0.147. The molecule has 3 N–H and O–H groups in total. The molecule has 0 aliphatic heterocycles. The van der Waals surface area contributed by atoms with Crippen LogP contribution in [0.15, 0.2) is 12.7 Å². The monoisotopic (exact) mass is 244 g/mol. The summed E-state index contributed by atoms with van der Waals surface area (Å²) in [6.45, 7) is 3.82. The zero-order valence-electron chi connectivity index (χ0n) is 9.56. The number of ether oxygens (including phenoxy) is 1. The van der Waals surface area contributed by atoms with Crippen LogP contribution in [0.4, 0.5) is 4.79 Å². The van der Waals surface area contributed by atoms with Crippen molar-refractivity contribution in [2.75, 3.05) is 13.7 Å². The van der Waals surface area contributed by atoms with Gasteiger partial charge >= 0.3 is 18.0 Å². The third-order valence-electron chi connectivity index (χ3n) is 1.84. The molecule has 0 saturated carbocycles. The zero-order chi connectivity index (χ0) is 13.3. The molecule has 1 atom stereocenters. The van der Waals surface area contributed by atoms with E-state index in [0.29, 0.717) is 13.0 Å². The first kappa shape index (κ1) is 14.9. The van der Waals surface area contributed by atoms with Crippen molar-refractivity contribution in [3.63, 3.8) is 0 Å². The number of methoxy groups -OCH3 is 1. The Morgan fingerprint density at radius 1 is 1.47 bits per heavy atom. The van der Waals surface area contributed by atoms with Crippen LogP contribution in [0.5, 0.6) is 0 Å². The lowest BCUT2D eigenvalue weighted by Gasteiger charge is -2.13. The molecule has 0 aliphatic carbocycles. The van der Waals surface area contributed by atoms with Gasteiger partial charge in [-0.15, -0.1) is 6.58 Å². The van der Waals surface area contributed by atoms with Crippen LogP contribution in [0, 0.1) is 0 Å². The summed E-state index contributed by atoms with van der Waals surface area (Å²) in [7, 11) is 1.14. The number of carboxylic acids is 1. The molecule has 17 heavy (non-hydrogen) atoms. The minimum atomic E-state index is -1.30. The molecule has 2 amide bonds. The minimum Gasteiger partial charge on any atom is -0.480 e. The standard InChI is InChI=1S/C10H16N2O5/c1-3-4-5-11-10(16)12-7(9(14)15)6-8(13)17-2/h3,7H,1,4-6H2,2H3,(H,14,15)(H2,11,12,16)/t7-/m0/s1. The summed E-state index contributed by atoms with van der Waals surface area (Å²) < 4.78 is 4.32. The molecule has 0 bridgehead atoms. The van der Waals surface area contributed by atoms with Gasteiger partial charge in [-0.25, -0.2) is 9.59 Å². The van der Waals surface area contributed by atoms with E-state index in [4.69, 9.17) is 5.11 Å². The van der Waals surface area contributed by atoms with Gasteiger partial charge in [0.1, 0.15) is 6.04 Å². The van der Waals surface area contributed by atoms with Crippen molar-refractivity contribution in [1.29, 1.82) is 0 Å². The molecule has 0 rings (SSSR count). The highest BCUT2D eigenvalue weighted by Crippen LogP contribution is 1.95. The van der Waals surface area contributed by atoms with E-state index in [1.807, 2.05) is 0 Å². The highest BCUT2D eigenvalue weighted by molar-refractivity contribution is 5.86. The largest absolute Gasteiger partial charge is 0.480 e. The molecule has 0 aliphatic rings. The van der Waals surface area contributed by atoms with E-state index in [1.165, 1.54) is 0 Å². The average Bonchev–Trinajstić information content (AvgIpc) is 2.28. The molecular weight excluding hydrogens is 228 g/mol. The van der Waals surface area contributed by atoms with Crippen LogP contribution in [0.25, 0.3) is 0 Å². The number of amides is 2. The van der Waals surface area contributed by atoms with Gasteiger partial charge in [-0.05, 0) is 6.42 Å². The SMILES string of the molecule is C=CCCNC(=O)N[C@@H](CC(=O)OC)C(=O)O. The minimum absolute atomic E-state index is 0.347. The van der Waals surface area contributed by atoms with Gasteiger partial charge in [-0.2, -0.15) is 0 Å². The number of carbonyl (C=O) groups excluding carboxylic acids is 2. The Labute approximate surface area is 98.8 Å². The lowest BCUT2D eigenvalue weighted by atomic mass is 10.2. The fourth-order valence-electron chi connectivity index (χ4n) is 0.947. The summed E-state index contributed by atoms with van der Waals surface area (Å²) in [4.78, 5) is 32.9. The summed E-state index contributed by atoms with van der Waals surface area (Å²) >= 11 is 0. The van der Waals surface area contributed by atoms with Crippen LogP contribution in [-0.2, 0) is 14.3 Å². The van der Waals surface area contributed by atoms with Crippen molar-refractivity contribution >= 4 is 18.0 Å². The van der Waals surface area contributed by atoms with Crippen LogP contribution in [0.2, 0.25) is 0 Å². The maximum atomic E-state index is 11.2. The summed E-state index contributed by atoms with van der Waals surface area (Å²) in [5.74, 6) is -2.00. The highest BCUT2D eigenvalue weighted by Gasteiger charge is 2.23. The molecule has 0 unspecified atom stereocenters. The lowest BCUT2D eigenvalue weighted by Crippen LogP contribution is -2.47. The first-order valence-electron chi connectivity index (χ1n) is 4.96. The smallest absolute Gasteiger partial charge is 0.326 e. The fraction of sp³-hybridized carbons (Fsp3) is 0.500. The first-order valence-corrected chi connectivity index (χ1v) is 4.96. The molecule has 0 aromatic carbocycles. The van der Waals surface area contributed by atoms with Crippen LogP contribution in [-0.4, -0.2) is 42.8 Å². The predicted octanol–water partition coefficient (Wildman–Crippen LogP) is -0.122. The molecule has 0 spiro atoms. The van der Waals surface area contributed by atoms with Crippen molar-refractivity contribution < 1.29 is 24.2 Å². The average molecular weight is 244 g/mol. The number of rotatable bonds is 7. The van der Waals surface area contributed by atoms with Crippen molar-refractivity contribution in [2.45, 2.75) is 18.9 Å². The van der Waals surface area contributed by atoms with Crippen molar-refractivity contribution in [3.05, 3.63) is 12.7 Å². The number of hydrogen-bond acceptors (Lipinski definition) is 4. The van der Waals surface area contributed by atoms with E-state index in [-0.39, 0.29) is 0 Å². The highest BCUT2D eigenvalue weighted by atomic mass is 16.5. The van der Waals surface area contributed by atoms with E-state index >= 15 is 0 Å². The van der Waals surface area contributed by atoms with Crippen LogP contribution in [0.1, 0.15) is 12.8 Å². The molecule has 0 saturated heterocycles. The van der Waals surface area contributed by atoms with Gasteiger partial charge < -0.3 is 20.5 Å². The van der Waals surface area contributed by atoms with Gasteiger partial charge in [-0.1, -0.05) is 6.08 Å². The number of nitrogens with one attached hydrogen (secondary N) is 2. The third kappa shape index (κ3) is 6.93. The molecule has 7 nitrogen and oxygen atoms in total. The topological polar surface area (TPSA) is 105 Å². The molecule has 96 valence electrons. The summed E-state index contributed by atoms with van der Waals surface area (Å²) in [5.41, 5.74) is 0. The first-order chi connectivity index (χ1) is 8.01. The Hall–Kier alpha value is -2.05. The molecule has 0 fully saturated rings. The Balaban J connectivity index is 4.15. The zero-order valence-corrected chi connectivity index (χ0v) is 9.56. The predicted molar refractivity (Wildman–Crippen MR) is 59.4 cm³/mol. The van der Waals surface area contributed by atoms with Crippen LogP contribution >= 0.6 is 0 Å². The normalized spacial score (nSPS) is 11.1. The van der Waals surface area contributed by atoms with E-state index in [2.05, 4.69) is 21.9 Å². The van der Waals surface area contributed by atoms with Gasteiger partial charge in [-0.3, -0.25) is 4.79 Å². The van der Waals surface area contributed by atoms with Crippen molar-refractivity contribution in [1.82, 2.24) is 10.6 Å². The Morgan fingerprint density at radius 2 is 2.12 bits per heavy atom. The number of hydrogen-bond donors (Lipinski definition) is 3. The van der Waals surface area contributed by atoms with E-state index in [0.717, 1.165) is 7.11 Å². The maximum Gasteiger partial charge on any atom is 0.326 e. The van der Waals surface area contributed by atoms with Gasteiger partial charge in [0.15, 0.2) is 0 Å². The molecule has 0 heterocycles. The molecular formula is C10H16N2O5. The summed E-state index contributed by atoms with van der Waals surface area (Å²) in [6.07, 6.45) is 1.77. The van der Waals surface area contributed by atoms with E-state index in [9.17, 15) is 14.4 Å². The van der Waals surface area contributed by atoms with Crippen LogP contribution < -0.4 is 10.6 Å². The Bertz CT molecular complexity index is 303. The number of carboxylic acid groups (broad SMARTS) is 1. The van der Waals surface area contributed by atoms with E-state index in [1.54, 1.807) is 6.08 Å². The molecule has 7 heteroatoms. The molecule has 0 aromatic heterocycles. The molecule has 0 radical (unpaired) electrons. The number of esters is 1. The third-order valence-corrected chi connectivity index (χ3v) is 1.84. The Morgan fingerprint density at radius 3 is 2.59 bits per heavy atom. The fourth-order valence-corrected chi connectivity index (χ4v) is 0.947. The van der Waals surface area contributed by atoms with Gasteiger partial charge in [0, 0.05) is 6.54 Å². The van der Waals surface area contributed by atoms with Crippen molar-refractivity contribution in [3.8, 4) is 0 Å². The maximum absolute atomic E-state index is 11.2. The summed E-state index contributed by atoms with van der Waals surface area (Å²) in [6, 6.07) is -1.95. The van der Waals surface area contributed by atoms with Gasteiger partial charge in [0.2, 0.25) is 0 Å². The van der Waals surface area contributed by atoms with Gasteiger partial charge in [0.25, 0.3) is 0 Å². The van der Waals surface area contributed by atoms with Crippen molar-refractivity contribution in [2.24, 2.45) is 0 Å². The second kappa shape index (κ2) is 8.14.